The maximum atomic E-state index is 13.0. The normalized spacial score (nSPS) is 31.7. The van der Waals surface area contributed by atoms with Crippen LogP contribution in [0.2, 0.25) is 0 Å². The Morgan fingerprint density at radius 3 is 2.24 bits per heavy atom. The smallest absolute Gasteiger partial charge is 0.230 e. The summed E-state index contributed by atoms with van der Waals surface area (Å²) in [7, 11) is 0. The van der Waals surface area contributed by atoms with Crippen LogP contribution in [-0.4, -0.2) is 55.0 Å². The van der Waals surface area contributed by atoms with Gasteiger partial charge in [0.15, 0.2) is 0 Å². The van der Waals surface area contributed by atoms with Crippen molar-refractivity contribution in [2.75, 3.05) is 39.3 Å². The molecule has 0 aromatic carbocycles. The Kier molecular flexibility index (Phi) is 5.67. The second kappa shape index (κ2) is 7.10. The van der Waals surface area contributed by atoms with Crippen molar-refractivity contribution in [3.8, 4) is 0 Å². The molecule has 1 heterocycles. The van der Waals surface area contributed by atoms with E-state index in [4.69, 9.17) is 5.73 Å². The van der Waals surface area contributed by atoms with E-state index in [2.05, 4.69) is 30.6 Å². The molecule has 0 radical (unpaired) electrons. The van der Waals surface area contributed by atoms with Gasteiger partial charge in [-0.25, -0.2) is 0 Å². The molecule has 0 spiro atoms. The lowest BCUT2D eigenvalue weighted by Crippen LogP contribution is -2.56. The zero-order valence-electron chi connectivity index (χ0n) is 14.1. The van der Waals surface area contributed by atoms with Crippen LogP contribution in [0.15, 0.2) is 0 Å². The summed E-state index contributed by atoms with van der Waals surface area (Å²) in [5.41, 5.74) is 5.77. The maximum absolute atomic E-state index is 13.0. The molecule has 122 valence electrons. The monoisotopic (exact) mass is 295 g/mol. The third-order valence-corrected chi connectivity index (χ3v) is 5.36. The highest BCUT2D eigenvalue weighted by molar-refractivity contribution is 5.83. The topological polar surface area (TPSA) is 49.6 Å². The molecule has 0 atom stereocenters. The standard InChI is InChI=1S/C17H33N3O/c1-14(2)12-19-8-10-20(11-9-19)16(21)17(13-18)6-4-15(3)5-7-17/h14-15H,4-13,18H2,1-3H3. The fourth-order valence-electron chi connectivity index (χ4n) is 3.81. The van der Waals surface area contributed by atoms with E-state index < -0.39 is 0 Å². The van der Waals surface area contributed by atoms with Crippen molar-refractivity contribution in [1.82, 2.24) is 9.80 Å². The van der Waals surface area contributed by atoms with Gasteiger partial charge in [0.05, 0.1) is 5.41 Å². The van der Waals surface area contributed by atoms with Crippen LogP contribution in [0.25, 0.3) is 0 Å². The number of piperazine rings is 1. The van der Waals surface area contributed by atoms with E-state index in [1.807, 2.05) is 0 Å². The van der Waals surface area contributed by atoms with E-state index in [9.17, 15) is 4.79 Å². The van der Waals surface area contributed by atoms with Crippen LogP contribution in [0, 0.1) is 17.3 Å². The Morgan fingerprint density at radius 1 is 1.19 bits per heavy atom. The summed E-state index contributed by atoms with van der Waals surface area (Å²) in [6, 6.07) is 0. The highest BCUT2D eigenvalue weighted by Gasteiger charge is 2.42. The lowest BCUT2D eigenvalue weighted by molar-refractivity contribution is -0.146. The van der Waals surface area contributed by atoms with Gasteiger partial charge in [-0.2, -0.15) is 0 Å². The average Bonchev–Trinajstić information content (AvgIpc) is 2.48. The van der Waals surface area contributed by atoms with E-state index in [1.54, 1.807) is 0 Å². The molecule has 2 aliphatic rings. The number of nitrogens with two attached hydrogens (primary N) is 1. The van der Waals surface area contributed by atoms with Crippen molar-refractivity contribution < 1.29 is 4.79 Å². The minimum absolute atomic E-state index is 0.257. The van der Waals surface area contributed by atoms with Crippen LogP contribution in [-0.2, 0) is 4.79 Å². The summed E-state index contributed by atoms with van der Waals surface area (Å²) in [6.07, 6.45) is 4.26. The maximum Gasteiger partial charge on any atom is 0.230 e. The Hall–Kier alpha value is -0.610. The second-order valence-corrected chi connectivity index (χ2v) is 7.65. The highest BCUT2D eigenvalue weighted by atomic mass is 16.2. The Morgan fingerprint density at radius 2 is 1.76 bits per heavy atom. The molecule has 2 N–H and O–H groups in total. The number of hydrogen-bond donors (Lipinski definition) is 1. The van der Waals surface area contributed by atoms with E-state index in [0.29, 0.717) is 18.4 Å². The molecule has 1 saturated carbocycles. The van der Waals surface area contributed by atoms with Crippen LogP contribution in [0.5, 0.6) is 0 Å². The fraction of sp³-hybridized carbons (Fsp3) is 0.941. The van der Waals surface area contributed by atoms with E-state index in [0.717, 1.165) is 64.3 Å². The molecule has 0 unspecified atom stereocenters. The minimum atomic E-state index is -0.257. The highest BCUT2D eigenvalue weighted by Crippen LogP contribution is 2.39. The molecular weight excluding hydrogens is 262 g/mol. The third-order valence-electron chi connectivity index (χ3n) is 5.36. The van der Waals surface area contributed by atoms with Gasteiger partial charge < -0.3 is 10.6 Å². The molecule has 21 heavy (non-hydrogen) atoms. The largest absolute Gasteiger partial charge is 0.340 e. The van der Waals surface area contributed by atoms with Crippen LogP contribution in [0.3, 0.4) is 0 Å². The molecule has 2 fully saturated rings. The van der Waals surface area contributed by atoms with Crippen molar-refractivity contribution in [2.45, 2.75) is 46.5 Å². The lowest BCUT2D eigenvalue weighted by atomic mass is 9.70. The van der Waals surface area contributed by atoms with Gasteiger partial charge >= 0.3 is 0 Å². The van der Waals surface area contributed by atoms with Crippen molar-refractivity contribution in [3.63, 3.8) is 0 Å². The third kappa shape index (κ3) is 3.98. The summed E-state index contributed by atoms with van der Waals surface area (Å²) >= 11 is 0. The van der Waals surface area contributed by atoms with Crippen LogP contribution in [0.1, 0.15) is 46.5 Å². The predicted octanol–water partition coefficient (Wildman–Crippen LogP) is 1.94. The fourth-order valence-corrected chi connectivity index (χ4v) is 3.81. The summed E-state index contributed by atoms with van der Waals surface area (Å²) in [4.78, 5) is 17.5. The number of nitrogens with zero attached hydrogens (tertiary/aromatic N) is 2. The van der Waals surface area contributed by atoms with Crippen LogP contribution < -0.4 is 5.73 Å². The molecule has 4 nitrogen and oxygen atoms in total. The zero-order chi connectivity index (χ0) is 15.5. The molecule has 0 aromatic rings. The Bertz CT molecular complexity index is 340. The first-order valence-corrected chi connectivity index (χ1v) is 8.68. The van der Waals surface area contributed by atoms with Crippen molar-refractivity contribution >= 4 is 5.91 Å². The zero-order valence-corrected chi connectivity index (χ0v) is 14.1. The molecule has 0 aromatic heterocycles. The van der Waals surface area contributed by atoms with Gasteiger partial charge in [0.2, 0.25) is 5.91 Å². The summed E-state index contributed by atoms with van der Waals surface area (Å²) in [6.45, 7) is 12.2. The number of hydrogen-bond acceptors (Lipinski definition) is 3. The molecule has 1 saturated heterocycles. The van der Waals surface area contributed by atoms with Crippen LogP contribution >= 0.6 is 0 Å². The number of amides is 1. The Balaban J connectivity index is 1.91. The van der Waals surface area contributed by atoms with E-state index in [-0.39, 0.29) is 5.41 Å². The van der Waals surface area contributed by atoms with Crippen LogP contribution in [0.4, 0.5) is 0 Å². The summed E-state index contributed by atoms with van der Waals surface area (Å²) in [5.74, 6) is 1.78. The van der Waals surface area contributed by atoms with E-state index >= 15 is 0 Å². The van der Waals surface area contributed by atoms with Crippen molar-refractivity contribution in [1.29, 1.82) is 0 Å². The van der Waals surface area contributed by atoms with Crippen molar-refractivity contribution in [2.24, 2.45) is 23.0 Å². The van der Waals surface area contributed by atoms with Gasteiger partial charge in [0.25, 0.3) is 0 Å². The first kappa shape index (κ1) is 16.8. The molecule has 1 amide bonds. The molecule has 4 heteroatoms. The quantitative estimate of drug-likeness (QED) is 0.862. The molecule has 0 bridgehead atoms. The van der Waals surface area contributed by atoms with Gasteiger partial charge in [-0.3, -0.25) is 9.69 Å². The van der Waals surface area contributed by atoms with Gasteiger partial charge in [0.1, 0.15) is 0 Å². The van der Waals surface area contributed by atoms with E-state index in [1.165, 1.54) is 0 Å². The lowest BCUT2D eigenvalue weighted by Gasteiger charge is -2.43. The van der Waals surface area contributed by atoms with Crippen molar-refractivity contribution in [3.05, 3.63) is 0 Å². The average molecular weight is 295 g/mol. The minimum Gasteiger partial charge on any atom is -0.340 e. The second-order valence-electron chi connectivity index (χ2n) is 7.65. The van der Waals surface area contributed by atoms with Gasteiger partial charge in [0, 0.05) is 39.3 Å². The summed E-state index contributed by atoms with van der Waals surface area (Å²) in [5, 5.41) is 0. The molecule has 1 aliphatic heterocycles. The SMILES string of the molecule is CC(C)CN1CCN(C(=O)C2(CN)CCC(C)CC2)CC1. The first-order chi connectivity index (χ1) is 9.97. The van der Waals surface area contributed by atoms with Gasteiger partial charge in [-0.1, -0.05) is 20.8 Å². The Labute approximate surface area is 130 Å². The molecule has 2 rings (SSSR count). The molecule has 1 aliphatic carbocycles. The number of carbonyl (C=O) groups is 1. The van der Waals surface area contributed by atoms with Gasteiger partial charge in [-0.05, 0) is 37.5 Å². The predicted molar refractivity (Wildman–Crippen MR) is 87.0 cm³/mol. The summed E-state index contributed by atoms with van der Waals surface area (Å²) < 4.78 is 0. The number of rotatable bonds is 4. The first-order valence-electron chi connectivity index (χ1n) is 8.68. The number of carbonyl (C=O) groups excluding carboxylic acids is 1. The van der Waals surface area contributed by atoms with Gasteiger partial charge in [-0.15, -0.1) is 0 Å². The molecular formula is C17H33N3O.